The van der Waals surface area contributed by atoms with Crippen molar-refractivity contribution in [2.75, 3.05) is 26.6 Å². The lowest BCUT2D eigenvalue weighted by atomic mass is 9.87. The molecule has 0 saturated carbocycles. The molecule has 0 aliphatic carbocycles. The van der Waals surface area contributed by atoms with Crippen LogP contribution in [0, 0.1) is 6.92 Å². The first-order valence-corrected chi connectivity index (χ1v) is 10.5. The van der Waals surface area contributed by atoms with Crippen LogP contribution in [0.1, 0.15) is 39.6 Å². The van der Waals surface area contributed by atoms with E-state index in [4.69, 9.17) is 24.4 Å². The smallest absolute Gasteiger partial charge is 0.343 e. The molecule has 35 heavy (non-hydrogen) atoms. The molecule has 184 valence electrons. The zero-order chi connectivity index (χ0) is 25.7. The summed E-state index contributed by atoms with van der Waals surface area (Å²) in [5.74, 6) is -1.26. The molecule has 3 rings (SSSR count). The summed E-state index contributed by atoms with van der Waals surface area (Å²) in [5, 5.41) is 13.4. The van der Waals surface area contributed by atoms with Gasteiger partial charge >= 0.3 is 5.63 Å². The number of ether oxygens (including phenoxy) is 3. The van der Waals surface area contributed by atoms with Crippen molar-refractivity contribution in [3.8, 4) is 23.0 Å². The van der Waals surface area contributed by atoms with Crippen molar-refractivity contribution in [1.29, 1.82) is 0 Å². The molecular formula is C25H26N2O8. The van der Waals surface area contributed by atoms with Gasteiger partial charge in [0.25, 0.3) is 0 Å². The Morgan fingerprint density at radius 2 is 1.69 bits per heavy atom. The normalized spacial score (nSPS) is 11.4. The number of rotatable bonds is 9. The van der Waals surface area contributed by atoms with Gasteiger partial charge in [-0.05, 0) is 37.3 Å². The Morgan fingerprint density at radius 3 is 2.23 bits per heavy atom. The van der Waals surface area contributed by atoms with Gasteiger partial charge in [-0.15, -0.1) is 0 Å². The van der Waals surface area contributed by atoms with E-state index < -0.39 is 23.4 Å². The molecule has 1 atom stereocenters. The van der Waals surface area contributed by atoms with Gasteiger partial charge in [0.1, 0.15) is 11.5 Å². The van der Waals surface area contributed by atoms with Crippen LogP contribution in [0.25, 0.3) is 0 Å². The number of hydrogen-bond acceptors (Lipinski definition) is 8. The average molecular weight is 482 g/mol. The first kappa shape index (κ1) is 25.2. The van der Waals surface area contributed by atoms with Gasteiger partial charge < -0.3 is 34.8 Å². The van der Waals surface area contributed by atoms with E-state index in [-0.39, 0.29) is 40.6 Å². The van der Waals surface area contributed by atoms with Gasteiger partial charge in [0.15, 0.2) is 11.5 Å². The lowest BCUT2D eigenvalue weighted by Crippen LogP contribution is -2.21. The number of hydrogen-bond donors (Lipinski definition) is 3. The number of amides is 2. The second-order valence-electron chi connectivity index (χ2n) is 7.61. The topological polar surface area (TPSA) is 150 Å². The van der Waals surface area contributed by atoms with E-state index in [1.54, 1.807) is 12.1 Å². The molecular weight excluding hydrogens is 456 g/mol. The van der Waals surface area contributed by atoms with E-state index in [1.165, 1.54) is 58.6 Å². The van der Waals surface area contributed by atoms with Crippen LogP contribution >= 0.6 is 0 Å². The maximum absolute atomic E-state index is 13.0. The minimum absolute atomic E-state index is 0.111. The van der Waals surface area contributed by atoms with Crippen LogP contribution in [0.5, 0.6) is 23.0 Å². The summed E-state index contributed by atoms with van der Waals surface area (Å²) < 4.78 is 21.5. The summed E-state index contributed by atoms with van der Waals surface area (Å²) >= 11 is 0. The molecule has 3 aromatic rings. The second kappa shape index (κ2) is 10.6. The predicted molar refractivity (Wildman–Crippen MR) is 128 cm³/mol. The maximum atomic E-state index is 13.0. The minimum atomic E-state index is -0.966. The Balaban J connectivity index is 2.08. The fourth-order valence-corrected chi connectivity index (χ4v) is 3.81. The highest BCUT2D eigenvalue weighted by Gasteiger charge is 2.30. The van der Waals surface area contributed by atoms with Crippen molar-refractivity contribution >= 4 is 17.5 Å². The van der Waals surface area contributed by atoms with Gasteiger partial charge in [0.2, 0.25) is 17.6 Å². The molecule has 1 aromatic heterocycles. The van der Waals surface area contributed by atoms with Crippen LogP contribution in [-0.4, -0.2) is 38.3 Å². The largest absolute Gasteiger partial charge is 0.507 e. The van der Waals surface area contributed by atoms with Crippen LogP contribution in [-0.2, 0) is 4.79 Å². The van der Waals surface area contributed by atoms with E-state index in [0.717, 1.165) is 0 Å². The first-order valence-electron chi connectivity index (χ1n) is 10.5. The van der Waals surface area contributed by atoms with Crippen molar-refractivity contribution in [2.45, 2.75) is 19.3 Å². The van der Waals surface area contributed by atoms with Gasteiger partial charge in [-0.2, -0.15) is 0 Å². The van der Waals surface area contributed by atoms with Crippen LogP contribution in [0.2, 0.25) is 0 Å². The van der Waals surface area contributed by atoms with E-state index in [2.05, 4.69) is 5.32 Å². The van der Waals surface area contributed by atoms with Gasteiger partial charge in [0.05, 0.1) is 26.9 Å². The predicted octanol–water partition coefficient (Wildman–Crippen LogP) is 2.94. The average Bonchev–Trinajstić information content (AvgIpc) is 2.82. The molecule has 0 bridgehead atoms. The van der Waals surface area contributed by atoms with E-state index in [9.17, 15) is 19.5 Å². The molecule has 0 fully saturated rings. The number of carbonyl (C=O) groups excluding carboxylic acids is 2. The number of anilines is 1. The molecule has 0 unspecified atom stereocenters. The van der Waals surface area contributed by atoms with Crippen molar-refractivity contribution in [2.24, 2.45) is 5.73 Å². The van der Waals surface area contributed by atoms with E-state index in [1.807, 2.05) is 0 Å². The third-order valence-electron chi connectivity index (χ3n) is 5.39. The van der Waals surface area contributed by atoms with Crippen molar-refractivity contribution < 1.29 is 33.3 Å². The zero-order valence-corrected chi connectivity index (χ0v) is 19.7. The molecule has 2 aromatic carbocycles. The number of aryl methyl sites for hydroxylation is 1. The number of aromatic hydroxyl groups is 1. The third kappa shape index (κ3) is 5.37. The lowest BCUT2D eigenvalue weighted by molar-refractivity contribution is -0.116. The van der Waals surface area contributed by atoms with Crippen molar-refractivity contribution in [1.82, 2.24) is 0 Å². The number of nitrogens with one attached hydrogen (secondary N) is 1. The second-order valence-corrected chi connectivity index (χ2v) is 7.61. The molecule has 1 heterocycles. The van der Waals surface area contributed by atoms with Crippen molar-refractivity contribution in [3.05, 3.63) is 75.3 Å². The zero-order valence-electron chi connectivity index (χ0n) is 19.7. The molecule has 4 N–H and O–H groups in total. The SMILES string of the molecule is COc1ccc([C@H](CC(=O)Nc2ccc(C(N)=O)cc2)c2c(O)cc(C)oc2=O)c(OC)c1OC. The van der Waals surface area contributed by atoms with Gasteiger partial charge in [-0.25, -0.2) is 4.79 Å². The van der Waals surface area contributed by atoms with Gasteiger partial charge in [-0.1, -0.05) is 6.07 Å². The summed E-state index contributed by atoms with van der Waals surface area (Å²) in [7, 11) is 4.31. The highest BCUT2D eigenvalue weighted by Crippen LogP contribution is 2.46. The lowest BCUT2D eigenvalue weighted by Gasteiger charge is -2.22. The van der Waals surface area contributed by atoms with Gasteiger partial charge in [0, 0.05) is 35.2 Å². The Bertz CT molecular complexity index is 1300. The summed E-state index contributed by atoms with van der Waals surface area (Å²) in [6, 6.07) is 10.6. The molecule has 0 saturated heterocycles. The summed E-state index contributed by atoms with van der Waals surface area (Å²) in [4.78, 5) is 37.1. The Labute approximate surface area is 201 Å². The van der Waals surface area contributed by atoms with E-state index in [0.29, 0.717) is 17.0 Å². The van der Waals surface area contributed by atoms with Crippen LogP contribution in [0.15, 0.2) is 51.7 Å². The third-order valence-corrected chi connectivity index (χ3v) is 5.39. The Morgan fingerprint density at radius 1 is 1.03 bits per heavy atom. The highest BCUT2D eigenvalue weighted by molar-refractivity contribution is 5.95. The fraction of sp³-hybridized carbons (Fsp3) is 0.240. The maximum Gasteiger partial charge on any atom is 0.343 e. The molecule has 10 nitrogen and oxygen atoms in total. The summed E-state index contributed by atoms with van der Waals surface area (Å²) in [5.41, 5.74) is 5.46. The fourth-order valence-electron chi connectivity index (χ4n) is 3.81. The summed E-state index contributed by atoms with van der Waals surface area (Å²) in [6.45, 7) is 1.53. The van der Waals surface area contributed by atoms with Crippen molar-refractivity contribution in [3.63, 3.8) is 0 Å². The number of primary amides is 1. The Hall–Kier alpha value is -4.47. The molecule has 0 aliphatic heterocycles. The quantitative estimate of drug-likeness (QED) is 0.421. The molecule has 0 radical (unpaired) electrons. The standard InChI is InChI=1S/C25H26N2O8/c1-13-11-18(28)21(25(31)35-13)17(16-9-10-19(32-2)23(34-4)22(16)33-3)12-20(29)27-15-7-5-14(6-8-15)24(26)30/h5-11,17,28H,12H2,1-4H3,(H2,26,30)(H,27,29)/t17-/m0/s1. The van der Waals surface area contributed by atoms with Crippen LogP contribution < -0.4 is 30.9 Å². The highest BCUT2D eigenvalue weighted by atomic mass is 16.5. The molecule has 10 heteroatoms. The number of benzene rings is 2. The number of methoxy groups -OCH3 is 3. The molecule has 0 spiro atoms. The van der Waals surface area contributed by atoms with Crippen LogP contribution in [0.4, 0.5) is 5.69 Å². The Kier molecular flexibility index (Phi) is 7.65. The summed E-state index contributed by atoms with van der Waals surface area (Å²) in [6.07, 6.45) is -0.259. The van der Waals surface area contributed by atoms with Gasteiger partial charge in [-0.3, -0.25) is 9.59 Å². The molecule has 2 amide bonds. The van der Waals surface area contributed by atoms with E-state index >= 15 is 0 Å². The monoisotopic (exact) mass is 482 g/mol. The van der Waals surface area contributed by atoms with Crippen LogP contribution in [0.3, 0.4) is 0 Å². The number of nitrogens with two attached hydrogens (primary N) is 1. The minimum Gasteiger partial charge on any atom is -0.507 e. The first-order chi connectivity index (χ1) is 16.7. The number of carbonyl (C=O) groups is 2. The molecule has 0 aliphatic rings.